The van der Waals surface area contributed by atoms with Crippen LogP contribution in [0.25, 0.3) is 10.2 Å². The van der Waals surface area contributed by atoms with E-state index >= 15 is 0 Å². The van der Waals surface area contributed by atoms with Gasteiger partial charge in [0, 0.05) is 24.7 Å². The fourth-order valence-corrected chi connectivity index (χ4v) is 5.72. The number of amides is 1. The second kappa shape index (κ2) is 8.46. The number of aliphatic hydroxyl groups is 1. The Bertz CT molecular complexity index is 1060. The molecule has 3 aromatic rings. The van der Waals surface area contributed by atoms with Crippen LogP contribution in [0.15, 0.2) is 48.5 Å². The average molecular weight is 452 g/mol. The van der Waals surface area contributed by atoms with Gasteiger partial charge in [-0.25, -0.2) is 4.98 Å². The standard InChI is InChI=1S/C25H29N3O3S/c1-25(2,30)23(29)26-17-13-18-9-10-19(14-17)28(18)15-16-7-11-20(12-8-16)31-24-27-21-5-3-4-6-22(21)32-24/h3-8,11-12,17-19,30H,9-10,13-15H2,1-2H3,(H,26,29)/t17?,18-,19+. The molecule has 2 aliphatic rings. The molecule has 3 heterocycles. The van der Waals surface area contributed by atoms with Crippen LogP contribution in [-0.4, -0.2) is 44.6 Å². The lowest BCUT2D eigenvalue weighted by Crippen LogP contribution is -2.53. The van der Waals surface area contributed by atoms with Crippen LogP contribution in [0.4, 0.5) is 0 Å². The summed E-state index contributed by atoms with van der Waals surface area (Å²) in [4.78, 5) is 19.3. The van der Waals surface area contributed by atoms with Crippen molar-refractivity contribution < 1.29 is 14.6 Å². The molecular weight excluding hydrogens is 422 g/mol. The molecular formula is C25H29N3O3S. The lowest BCUT2D eigenvalue weighted by molar-refractivity contribution is -0.137. The number of rotatable bonds is 6. The smallest absolute Gasteiger partial charge is 0.279 e. The van der Waals surface area contributed by atoms with Crippen LogP contribution in [-0.2, 0) is 11.3 Å². The van der Waals surface area contributed by atoms with Crippen LogP contribution < -0.4 is 10.1 Å². The number of carbonyl (C=O) groups excluding carboxylic acids is 1. The van der Waals surface area contributed by atoms with E-state index in [1.54, 1.807) is 11.3 Å². The van der Waals surface area contributed by atoms with E-state index in [9.17, 15) is 9.90 Å². The molecule has 1 aromatic heterocycles. The van der Waals surface area contributed by atoms with Gasteiger partial charge in [0.05, 0.1) is 10.2 Å². The summed E-state index contributed by atoms with van der Waals surface area (Å²) in [5, 5.41) is 13.6. The quantitative estimate of drug-likeness (QED) is 0.578. The van der Waals surface area contributed by atoms with Gasteiger partial charge in [0.2, 0.25) is 0 Å². The summed E-state index contributed by atoms with van der Waals surface area (Å²) in [5.41, 5.74) is 0.894. The van der Waals surface area contributed by atoms with E-state index in [4.69, 9.17) is 4.74 Å². The molecule has 2 saturated heterocycles. The molecule has 168 valence electrons. The van der Waals surface area contributed by atoms with Gasteiger partial charge in [0.1, 0.15) is 11.4 Å². The lowest BCUT2D eigenvalue weighted by atomic mass is 9.95. The number of fused-ring (bicyclic) bond motifs is 3. The Morgan fingerprint density at radius 3 is 2.50 bits per heavy atom. The summed E-state index contributed by atoms with van der Waals surface area (Å²) in [6, 6.07) is 17.4. The minimum Gasteiger partial charge on any atom is -0.431 e. The number of piperidine rings is 1. The van der Waals surface area contributed by atoms with Gasteiger partial charge in [0.25, 0.3) is 11.1 Å². The molecule has 3 atom stereocenters. The Hall–Kier alpha value is -2.48. The van der Waals surface area contributed by atoms with E-state index in [1.807, 2.05) is 30.3 Å². The van der Waals surface area contributed by atoms with E-state index in [-0.39, 0.29) is 11.9 Å². The van der Waals surface area contributed by atoms with Crippen molar-refractivity contribution in [1.82, 2.24) is 15.2 Å². The molecule has 0 radical (unpaired) electrons. The van der Waals surface area contributed by atoms with Crippen LogP contribution in [0.3, 0.4) is 0 Å². The number of benzene rings is 2. The molecule has 5 rings (SSSR count). The zero-order valence-electron chi connectivity index (χ0n) is 18.5. The normalized spacial score (nSPS) is 23.4. The maximum absolute atomic E-state index is 12.2. The SMILES string of the molecule is CC(C)(O)C(=O)NC1C[C@H]2CC[C@@H](C1)N2Cc1ccc(Oc2nc3ccccc3s2)cc1. The van der Waals surface area contributed by atoms with Crippen LogP contribution >= 0.6 is 11.3 Å². The summed E-state index contributed by atoms with van der Waals surface area (Å²) in [6.07, 6.45) is 4.21. The summed E-state index contributed by atoms with van der Waals surface area (Å²) < 4.78 is 7.10. The highest BCUT2D eigenvalue weighted by Crippen LogP contribution is 2.37. The number of ether oxygens (including phenoxy) is 1. The Balaban J connectivity index is 1.19. The van der Waals surface area contributed by atoms with Crippen molar-refractivity contribution in [3.8, 4) is 10.9 Å². The number of hydrogen-bond acceptors (Lipinski definition) is 6. The third-order valence-electron chi connectivity index (χ3n) is 6.54. The van der Waals surface area contributed by atoms with Gasteiger partial charge in [-0.1, -0.05) is 35.6 Å². The van der Waals surface area contributed by atoms with E-state index in [2.05, 4.69) is 33.4 Å². The molecule has 2 N–H and O–H groups in total. The van der Waals surface area contributed by atoms with Crippen LogP contribution in [0.2, 0.25) is 0 Å². The zero-order chi connectivity index (χ0) is 22.3. The van der Waals surface area contributed by atoms with Crippen LogP contribution in [0.5, 0.6) is 10.9 Å². The molecule has 2 bridgehead atoms. The van der Waals surface area contributed by atoms with Crippen molar-refractivity contribution in [2.45, 2.75) is 69.8 Å². The first-order valence-corrected chi connectivity index (χ1v) is 12.1. The van der Waals surface area contributed by atoms with Crippen molar-refractivity contribution in [3.05, 3.63) is 54.1 Å². The summed E-state index contributed by atoms with van der Waals surface area (Å²) in [5.74, 6) is 0.517. The molecule has 7 heteroatoms. The number of hydrogen-bond donors (Lipinski definition) is 2. The third kappa shape index (κ3) is 4.51. The number of thiazole rings is 1. The molecule has 2 fully saturated rings. The van der Waals surface area contributed by atoms with Crippen molar-refractivity contribution in [3.63, 3.8) is 0 Å². The van der Waals surface area contributed by atoms with Gasteiger partial charge in [-0.15, -0.1) is 0 Å². The molecule has 1 unspecified atom stereocenters. The number of nitrogens with one attached hydrogen (secondary N) is 1. The predicted octanol–water partition coefficient (Wildman–Crippen LogP) is 4.47. The van der Waals surface area contributed by atoms with E-state index in [0.29, 0.717) is 17.3 Å². The van der Waals surface area contributed by atoms with Crippen LogP contribution in [0.1, 0.15) is 45.1 Å². The van der Waals surface area contributed by atoms with Crippen LogP contribution in [0, 0.1) is 0 Å². The zero-order valence-corrected chi connectivity index (χ0v) is 19.3. The highest BCUT2D eigenvalue weighted by Gasteiger charge is 2.41. The minimum absolute atomic E-state index is 0.146. The highest BCUT2D eigenvalue weighted by atomic mass is 32.1. The molecule has 0 aliphatic carbocycles. The predicted molar refractivity (Wildman–Crippen MR) is 126 cm³/mol. The summed E-state index contributed by atoms with van der Waals surface area (Å²) >= 11 is 1.55. The molecule has 2 aromatic carbocycles. The number of para-hydroxylation sites is 1. The molecule has 6 nitrogen and oxygen atoms in total. The first-order chi connectivity index (χ1) is 15.3. The monoisotopic (exact) mass is 451 g/mol. The highest BCUT2D eigenvalue weighted by molar-refractivity contribution is 7.20. The molecule has 32 heavy (non-hydrogen) atoms. The Morgan fingerprint density at radius 1 is 1.16 bits per heavy atom. The maximum atomic E-state index is 12.2. The van der Waals surface area contributed by atoms with Crippen molar-refractivity contribution in [2.75, 3.05) is 0 Å². The van der Waals surface area contributed by atoms with E-state index < -0.39 is 5.60 Å². The minimum atomic E-state index is -1.33. The van der Waals surface area contributed by atoms with E-state index in [0.717, 1.165) is 35.4 Å². The molecule has 0 saturated carbocycles. The Kier molecular flexibility index (Phi) is 5.65. The Morgan fingerprint density at radius 2 is 1.84 bits per heavy atom. The Labute approximate surface area is 192 Å². The second-order valence-corrected chi connectivity index (χ2v) is 10.4. The molecule has 0 spiro atoms. The van der Waals surface area contributed by atoms with Crippen molar-refractivity contribution in [2.24, 2.45) is 0 Å². The molecule has 2 aliphatic heterocycles. The fourth-order valence-electron chi connectivity index (χ4n) is 4.88. The number of aromatic nitrogens is 1. The van der Waals surface area contributed by atoms with Gasteiger partial charge >= 0.3 is 0 Å². The van der Waals surface area contributed by atoms with Crippen molar-refractivity contribution >= 4 is 27.5 Å². The molecule has 1 amide bonds. The van der Waals surface area contributed by atoms with Gasteiger partial charge in [-0.05, 0) is 69.4 Å². The summed E-state index contributed by atoms with van der Waals surface area (Å²) in [7, 11) is 0. The van der Waals surface area contributed by atoms with Gasteiger partial charge in [-0.3, -0.25) is 9.69 Å². The number of nitrogens with zero attached hydrogens (tertiary/aromatic N) is 2. The van der Waals surface area contributed by atoms with E-state index in [1.165, 1.54) is 32.3 Å². The van der Waals surface area contributed by atoms with Gasteiger partial charge in [-0.2, -0.15) is 0 Å². The van der Waals surface area contributed by atoms with Crippen molar-refractivity contribution in [1.29, 1.82) is 0 Å². The van der Waals surface area contributed by atoms with Gasteiger partial charge < -0.3 is 15.2 Å². The summed E-state index contributed by atoms with van der Waals surface area (Å²) in [6.45, 7) is 3.98. The fraction of sp³-hybridized carbons (Fsp3) is 0.440. The first kappa shape index (κ1) is 21.4. The number of carbonyl (C=O) groups is 1. The first-order valence-electron chi connectivity index (χ1n) is 11.3. The lowest BCUT2D eigenvalue weighted by Gasteiger charge is -2.39. The second-order valence-electron chi connectivity index (χ2n) is 9.45. The topological polar surface area (TPSA) is 74.7 Å². The third-order valence-corrected chi connectivity index (χ3v) is 7.46. The largest absolute Gasteiger partial charge is 0.431 e. The van der Waals surface area contributed by atoms with Gasteiger partial charge in [0.15, 0.2) is 0 Å². The average Bonchev–Trinajstić information content (AvgIpc) is 3.25. The maximum Gasteiger partial charge on any atom is 0.279 e.